The van der Waals surface area contributed by atoms with Crippen molar-refractivity contribution in [2.75, 3.05) is 17.2 Å². The van der Waals surface area contributed by atoms with Crippen molar-refractivity contribution >= 4 is 56.4 Å². The molecule has 104 valence electrons. The Balaban J connectivity index is 1.94. The normalized spacial score (nSPS) is 10.2. The molecule has 0 saturated heterocycles. The van der Waals surface area contributed by atoms with E-state index in [9.17, 15) is 4.79 Å². The summed E-state index contributed by atoms with van der Waals surface area (Å²) in [5.41, 5.74) is 1.39. The van der Waals surface area contributed by atoms with Crippen molar-refractivity contribution in [1.29, 1.82) is 0 Å². The van der Waals surface area contributed by atoms with Crippen molar-refractivity contribution in [3.8, 4) is 0 Å². The molecule has 1 amide bonds. The fourth-order valence-electron chi connectivity index (χ4n) is 1.57. The van der Waals surface area contributed by atoms with Crippen LogP contribution >= 0.6 is 39.1 Å². The molecule has 0 unspecified atom stereocenters. The maximum Gasteiger partial charge on any atom is 0.243 e. The van der Waals surface area contributed by atoms with E-state index >= 15 is 0 Å². The zero-order valence-corrected chi connectivity index (χ0v) is 13.4. The van der Waals surface area contributed by atoms with Crippen LogP contribution in [0, 0.1) is 0 Å². The summed E-state index contributed by atoms with van der Waals surface area (Å²) < 4.78 is 0.831. The van der Waals surface area contributed by atoms with Gasteiger partial charge in [-0.3, -0.25) is 4.79 Å². The van der Waals surface area contributed by atoms with Gasteiger partial charge in [0.15, 0.2) is 0 Å². The fourth-order valence-corrected chi connectivity index (χ4v) is 2.42. The SMILES string of the molecule is O=C(CNc1ccc(Cl)cc1Cl)Nc1ccccc1Br. The first-order valence-electron chi connectivity index (χ1n) is 5.79. The molecule has 20 heavy (non-hydrogen) atoms. The Morgan fingerprint density at radius 1 is 1.10 bits per heavy atom. The van der Waals surface area contributed by atoms with Gasteiger partial charge in [-0.1, -0.05) is 35.3 Å². The van der Waals surface area contributed by atoms with E-state index in [4.69, 9.17) is 23.2 Å². The van der Waals surface area contributed by atoms with Gasteiger partial charge in [-0.2, -0.15) is 0 Å². The molecular formula is C14H11BrCl2N2O. The highest BCUT2D eigenvalue weighted by Gasteiger charge is 2.06. The van der Waals surface area contributed by atoms with E-state index in [2.05, 4.69) is 26.6 Å². The number of nitrogens with one attached hydrogen (secondary N) is 2. The topological polar surface area (TPSA) is 41.1 Å². The van der Waals surface area contributed by atoms with Crippen molar-refractivity contribution in [3.63, 3.8) is 0 Å². The van der Waals surface area contributed by atoms with Crippen LogP contribution in [-0.4, -0.2) is 12.5 Å². The lowest BCUT2D eigenvalue weighted by atomic mass is 10.3. The van der Waals surface area contributed by atoms with Gasteiger partial charge in [0, 0.05) is 9.50 Å². The van der Waals surface area contributed by atoms with Crippen molar-refractivity contribution in [2.24, 2.45) is 0 Å². The van der Waals surface area contributed by atoms with Gasteiger partial charge in [0.25, 0.3) is 0 Å². The van der Waals surface area contributed by atoms with E-state index in [0.29, 0.717) is 15.7 Å². The van der Waals surface area contributed by atoms with Gasteiger partial charge in [-0.25, -0.2) is 0 Å². The Bertz CT molecular complexity index is 634. The third-order valence-corrected chi connectivity index (χ3v) is 3.76. The van der Waals surface area contributed by atoms with Gasteiger partial charge in [0.05, 0.1) is 22.9 Å². The van der Waals surface area contributed by atoms with E-state index in [-0.39, 0.29) is 12.5 Å². The maximum atomic E-state index is 11.9. The number of hydrogen-bond acceptors (Lipinski definition) is 2. The number of benzene rings is 2. The Morgan fingerprint density at radius 2 is 1.85 bits per heavy atom. The van der Waals surface area contributed by atoms with Gasteiger partial charge in [-0.05, 0) is 46.3 Å². The van der Waals surface area contributed by atoms with Crippen LogP contribution in [0.2, 0.25) is 10.0 Å². The largest absolute Gasteiger partial charge is 0.375 e. The molecule has 2 aromatic carbocycles. The van der Waals surface area contributed by atoms with Crippen LogP contribution in [-0.2, 0) is 4.79 Å². The van der Waals surface area contributed by atoms with E-state index < -0.39 is 0 Å². The minimum Gasteiger partial charge on any atom is -0.375 e. The Kier molecular flexibility index (Phi) is 5.29. The third-order valence-electron chi connectivity index (χ3n) is 2.52. The summed E-state index contributed by atoms with van der Waals surface area (Å²) in [7, 11) is 0. The number of carbonyl (C=O) groups excluding carboxylic acids is 1. The highest BCUT2D eigenvalue weighted by molar-refractivity contribution is 9.10. The lowest BCUT2D eigenvalue weighted by Gasteiger charge is -2.10. The van der Waals surface area contributed by atoms with Crippen molar-refractivity contribution < 1.29 is 4.79 Å². The minimum atomic E-state index is -0.164. The van der Waals surface area contributed by atoms with Crippen molar-refractivity contribution in [3.05, 3.63) is 57.0 Å². The Morgan fingerprint density at radius 3 is 2.55 bits per heavy atom. The Labute approximate surface area is 135 Å². The molecule has 2 rings (SSSR count). The van der Waals surface area contributed by atoms with Gasteiger partial charge < -0.3 is 10.6 Å². The molecule has 0 atom stereocenters. The highest BCUT2D eigenvalue weighted by Crippen LogP contribution is 2.25. The van der Waals surface area contributed by atoms with Gasteiger partial charge in [0.1, 0.15) is 0 Å². The molecule has 0 aromatic heterocycles. The molecule has 0 spiro atoms. The smallest absolute Gasteiger partial charge is 0.243 e. The molecule has 0 fully saturated rings. The van der Waals surface area contributed by atoms with Crippen LogP contribution in [0.15, 0.2) is 46.9 Å². The van der Waals surface area contributed by atoms with Crippen LogP contribution in [0.3, 0.4) is 0 Å². The zero-order valence-electron chi connectivity index (χ0n) is 10.3. The molecular weight excluding hydrogens is 363 g/mol. The molecule has 2 N–H and O–H groups in total. The number of amides is 1. The van der Waals surface area contributed by atoms with Gasteiger partial charge >= 0.3 is 0 Å². The molecule has 0 aliphatic carbocycles. The summed E-state index contributed by atoms with van der Waals surface area (Å²) >= 11 is 15.2. The van der Waals surface area contributed by atoms with Crippen molar-refractivity contribution in [1.82, 2.24) is 0 Å². The van der Waals surface area contributed by atoms with Gasteiger partial charge in [0.2, 0.25) is 5.91 Å². The summed E-state index contributed by atoms with van der Waals surface area (Å²) in [6, 6.07) is 12.5. The summed E-state index contributed by atoms with van der Waals surface area (Å²) in [6.07, 6.45) is 0. The molecule has 0 saturated carbocycles. The first kappa shape index (κ1) is 15.2. The predicted molar refractivity (Wildman–Crippen MR) is 87.7 cm³/mol. The van der Waals surface area contributed by atoms with Crippen LogP contribution in [0.25, 0.3) is 0 Å². The quantitative estimate of drug-likeness (QED) is 0.807. The van der Waals surface area contributed by atoms with Gasteiger partial charge in [-0.15, -0.1) is 0 Å². The number of hydrogen-bond donors (Lipinski definition) is 2. The third kappa shape index (κ3) is 4.13. The molecule has 3 nitrogen and oxygen atoms in total. The molecule has 0 aliphatic heterocycles. The van der Waals surface area contributed by atoms with Crippen molar-refractivity contribution in [2.45, 2.75) is 0 Å². The molecule has 0 bridgehead atoms. The highest BCUT2D eigenvalue weighted by atomic mass is 79.9. The first-order chi connectivity index (χ1) is 9.56. The molecule has 6 heteroatoms. The molecule has 0 radical (unpaired) electrons. The second-order valence-corrected chi connectivity index (χ2v) is 5.70. The van der Waals surface area contributed by atoms with Crippen LogP contribution in [0.5, 0.6) is 0 Å². The first-order valence-corrected chi connectivity index (χ1v) is 7.34. The number of carbonyl (C=O) groups is 1. The van der Waals surface area contributed by atoms with E-state index in [0.717, 1.165) is 10.2 Å². The number of anilines is 2. The van der Waals surface area contributed by atoms with Crippen LogP contribution in [0.4, 0.5) is 11.4 Å². The summed E-state index contributed by atoms with van der Waals surface area (Å²) in [4.78, 5) is 11.9. The maximum absolute atomic E-state index is 11.9. The summed E-state index contributed by atoms with van der Waals surface area (Å²) in [6.45, 7) is 0.114. The van der Waals surface area contributed by atoms with Crippen LogP contribution in [0.1, 0.15) is 0 Å². The average Bonchev–Trinajstić information content (AvgIpc) is 2.40. The molecule has 0 aliphatic rings. The number of para-hydroxylation sites is 1. The molecule has 0 heterocycles. The second kappa shape index (κ2) is 6.97. The standard InChI is InChI=1S/C14H11BrCl2N2O/c15-10-3-1-2-4-12(10)19-14(20)8-18-13-6-5-9(16)7-11(13)17/h1-7,18H,8H2,(H,19,20). The zero-order chi connectivity index (χ0) is 14.5. The molecule has 2 aromatic rings. The lowest BCUT2D eigenvalue weighted by molar-refractivity contribution is -0.114. The second-order valence-electron chi connectivity index (χ2n) is 4.01. The van der Waals surface area contributed by atoms with Crippen LogP contribution < -0.4 is 10.6 Å². The summed E-state index contributed by atoms with van der Waals surface area (Å²) in [5.74, 6) is -0.164. The number of rotatable bonds is 4. The van der Waals surface area contributed by atoms with E-state index in [1.165, 1.54) is 0 Å². The minimum absolute atomic E-state index is 0.114. The predicted octanol–water partition coefficient (Wildman–Crippen LogP) is 4.81. The fraction of sp³-hybridized carbons (Fsp3) is 0.0714. The monoisotopic (exact) mass is 372 g/mol. The van der Waals surface area contributed by atoms with E-state index in [1.54, 1.807) is 18.2 Å². The summed E-state index contributed by atoms with van der Waals surface area (Å²) in [5, 5.41) is 6.79. The lowest BCUT2D eigenvalue weighted by Crippen LogP contribution is -2.22. The average molecular weight is 374 g/mol. The van der Waals surface area contributed by atoms with E-state index in [1.807, 2.05) is 24.3 Å². The number of halogens is 3. The Hall–Kier alpha value is -1.23.